The van der Waals surface area contributed by atoms with E-state index in [2.05, 4.69) is 48.5 Å². The maximum absolute atomic E-state index is 11.9. The van der Waals surface area contributed by atoms with Crippen LogP contribution in [0.5, 0.6) is 0 Å². The van der Waals surface area contributed by atoms with E-state index in [1.54, 1.807) is 0 Å². The normalized spacial score (nSPS) is 21.9. The lowest BCUT2D eigenvalue weighted by atomic mass is 10.1. The molecule has 0 radical (unpaired) electrons. The van der Waals surface area contributed by atoms with Gasteiger partial charge in [0.15, 0.2) is 0 Å². The first kappa shape index (κ1) is 22.6. The monoisotopic (exact) mass is 372 g/mol. The molecule has 1 aliphatic rings. The van der Waals surface area contributed by atoms with Gasteiger partial charge < -0.3 is 13.9 Å². The van der Waals surface area contributed by atoms with Crippen molar-refractivity contribution in [2.24, 2.45) is 0 Å². The van der Waals surface area contributed by atoms with Gasteiger partial charge in [-0.2, -0.15) is 0 Å². The van der Waals surface area contributed by atoms with Gasteiger partial charge in [0, 0.05) is 6.42 Å². The van der Waals surface area contributed by atoms with Crippen LogP contribution in [0.1, 0.15) is 80.6 Å². The van der Waals surface area contributed by atoms with Crippen LogP contribution in [-0.4, -0.2) is 39.7 Å². The maximum atomic E-state index is 11.9. The Bertz CT molecular complexity index is 387. The molecule has 0 N–H and O–H groups in total. The topological polar surface area (TPSA) is 48.1 Å². The van der Waals surface area contributed by atoms with Crippen LogP contribution >= 0.6 is 0 Å². The van der Waals surface area contributed by atoms with Crippen molar-refractivity contribution in [3.63, 3.8) is 0 Å². The van der Waals surface area contributed by atoms with Crippen molar-refractivity contribution in [2.45, 2.75) is 116 Å². The summed E-state index contributed by atoms with van der Waals surface area (Å²) in [7, 11) is -0.567. The number of hydrogen-bond acceptors (Lipinski definition) is 4. The molecule has 5 heteroatoms. The van der Waals surface area contributed by atoms with E-state index in [0.717, 1.165) is 12.8 Å². The molecule has 1 rings (SSSR count). The summed E-state index contributed by atoms with van der Waals surface area (Å²) in [6.07, 6.45) is 5.17. The number of carbonyl (C=O) groups excluding carboxylic acids is 1. The van der Waals surface area contributed by atoms with Gasteiger partial charge >= 0.3 is 5.97 Å². The van der Waals surface area contributed by atoms with Crippen LogP contribution in [0.15, 0.2) is 0 Å². The van der Waals surface area contributed by atoms with Crippen LogP contribution in [-0.2, 0) is 18.7 Å². The Morgan fingerprint density at radius 3 is 2.04 bits per heavy atom. The van der Waals surface area contributed by atoms with Gasteiger partial charge in [-0.1, -0.05) is 61.3 Å². The van der Waals surface area contributed by atoms with Crippen molar-refractivity contribution < 1.29 is 18.7 Å². The van der Waals surface area contributed by atoms with E-state index in [0.29, 0.717) is 29.1 Å². The quantitative estimate of drug-likeness (QED) is 0.259. The zero-order chi connectivity index (χ0) is 19.2. The molecule has 0 aromatic carbocycles. The van der Waals surface area contributed by atoms with Crippen molar-refractivity contribution in [3.05, 3.63) is 0 Å². The highest BCUT2D eigenvalue weighted by Crippen LogP contribution is 2.44. The number of esters is 1. The van der Waals surface area contributed by atoms with Crippen molar-refractivity contribution in [2.75, 3.05) is 7.11 Å². The summed E-state index contributed by atoms with van der Waals surface area (Å²) < 4.78 is 17.6. The highest BCUT2D eigenvalue weighted by atomic mass is 28.4. The Morgan fingerprint density at radius 1 is 1.04 bits per heavy atom. The molecular weight excluding hydrogens is 332 g/mol. The molecule has 0 aliphatic carbocycles. The molecule has 0 saturated carbocycles. The molecule has 0 amide bonds. The van der Waals surface area contributed by atoms with Gasteiger partial charge in [-0.05, 0) is 23.0 Å². The fraction of sp³-hybridized carbons (Fsp3) is 0.950. The van der Waals surface area contributed by atoms with Crippen LogP contribution < -0.4 is 0 Å². The molecule has 1 aliphatic heterocycles. The first-order valence-electron chi connectivity index (χ1n) is 10.1. The highest BCUT2D eigenvalue weighted by molar-refractivity contribution is 6.77. The SMILES string of the molecule is CCCC[C@H]1O[C@H]1C[C@H](CC(=O)OC)O[Si](C(C)C)(C(C)C)C(C)C. The molecule has 0 unspecified atom stereocenters. The Labute approximate surface area is 156 Å². The van der Waals surface area contributed by atoms with Gasteiger partial charge in [-0.25, -0.2) is 0 Å². The van der Waals surface area contributed by atoms with E-state index in [4.69, 9.17) is 13.9 Å². The predicted octanol–water partition coefficient (Wildman–Crippen LogP) is 5.46. The summed E-state index contributed by atoms with van der Waals surface area (Å²) >= 11 is 0. The van der Waals surface area contributed by atoms with Gasteiger partial charge in [-0.3, -0.25) is 4.79 Å². The molecule has 1 fully saturated rings. The average Bonchev–Trinajstić information content (AvgIpc) is 3.26. The van der Waals surface area contributed by atoms with Crippen LogP contribution in [0, 0.1) is 0 Å². The largest absolute Gasteiger partial charge is 0.469 e. The molecule has 0 aromatic heterocycles. The summed E-state index contributed by atoms with van der Waals surface area (Å²) in [6.45, 7) is 15.9. The minimum atomic E-state index is -2.02. The third-order valence-corrected chi connectivity index (χ3v) is 11.9. The number of methoxy groups -OCH3 is 1. The molecule has 1 heterocycles. The van der Waals surface area contributed by atoms with Gasteiger partial charge in [0.05, 0.1) is 31.8 Å². The molecule has 0 spiro atoms. The lowest BCUT2D eigenvalue weighted by Gasteiger charge is -2.44. The fourth-order valence-electron chi connectivity index (χ4n) is 4.44. The number of carbonyl (C=O) groups is 1. The minimum Gasteiger partial charge on any atom is -0.469 e. The van der Waals surface area contributed by atoms with E-state index >= 15 is 0 Å². The molecule has 4 nitrogen and oxygen atoms in total. The first-order chi connectivity index (χ1) is 11.7. The highest BCUT2D eigenvalue weighted by Gasteiger charge is 2.48. The smallest absolute Gasteiger partial charge is 0.308 e. The van der Waals surface area contributed by atoms with Gasteiger partial charge in [0.2, 0.25) is 8.32 Å². The lowest BCUT2D eigenvalue weighted by Crippen LogP contribution is -2.50. The Morgan fingerprint density at radius 2 is 1.60 bits per heavy atom. The van der Waals surface area contributed by atoms with E-state index in [-0.39, 0.29) is 18.2 Å². The van der Waals surface area contributed by atoms with E-state index in [9.17, 15) is 4.79 Å². The molecule has 1 saturated heterocycles. The van der Waals surface area contributed by atoms with Crippen molar-refractivity contribution in [1.82, 2.24) is 0 Å². The summed E-state index contributed by atoms with van der Waals surface area (Å²) in [6, 6.07) is 0. The number of unbranched alkanes of at least 4 members (excludes halogenated alkanes) is 1. The molecule has 0 bridgehead atoms. The molecular formula is C20H40O4Si. The minimum absolute atomic E-state index is 0.0945. The van der Waals surface area contributed by atoms with Crippen molar-refractivity contribution >= 4 is 14.3 Å². The summed E-state index contributed by atoms with van der Waals surface area (Å²) in [4.78, 5) is 11.9. The zero-order valence-corrected chi connectivity index (χ0v) is 18.6. The molecule has 0 aromatic rings. The van der Waals surface area contributed by atoms with E-state index < -0.39 is 8.32 Å². The molecule has 148 valence electrons. The maximum Gasteiger partial charge on any atom is 0.308 e. The third kappa shape index (κ3) is 6.07. The number of rotatable bonds is 12. The van der Waals surface area contributed by atoms with E-state index in [1.807, 2.05) is 0 Å². The summed E-state index contributed by atoms with van der Waals surface area (Å²) in [5.41, 5.74) is 1.51. The standard InChI is InChI=1S/C20H40O4Si/c1-9-10-11-18-19(23-18)12-17(13-20(21)22-8)24-25(14(2)3,15(4)5)16(6)7/h14-19H,9-13H2,1-8H3/t17-,18-,19+/m1/s1. The number of hydrogen-bond donors (Lipinski definition) is 0. The van der Waals surface area contributed by atoms with Gasteiger partial charge in [0.25, 0.3) is 0 Å². The molecule has 3 atom stereocenters. The zero-order valence-electron chi connectivity index (χ0n) is 17.6. The predicted molar refractivity (Wildman–Crippen MR) is 105 cm³/mol. The molecule has 25 heavy (non-hydrogen) atoms. The van der Waals surface area contributed by atoms with Crippen molar-refractivity contribution in [1.29, 1.82) is 0 Å². The lowest BCUT2D eigenvalue weighted by molar-refractivity contribution is -0.142. The van der Waals surface area contributed by atoms with Gasteiger partial charge in [-0.15, -0.1) is 0 Å². The van der Waals surface area contributed by atoms with Crippen molar-refractivity contribution in [3.8, 4) is 0 Å². The average molecular weight is 373 g/mol. The second kappa shape index (κ2) is 10.1. The second-order valence-electron chi connectivity index (χ2n) is 8.43. The summed E-state index contributed by atoms with van der Waals surface area (Å²) in [5, 5.41) is 0. The fourth-order valence-corrected chi connectivity index (χ4v) is 10.0. The Kier molecular flexibility index (Phi) is 9.13. The third-order valence-electron chi connectivity index (χ3n) is 5.72. The van der Waals surface area contributed by atoms with Crippen LogP contribution in [0.25, 0.3) is 0 Å². The van der Waals surface area contributed by atoms with E-state index in [1.165, 1.54) is 20.0 Å². The van der Waals surface area contributed by atoms with Gasteiger partial charge in [0.1, 0.15) is 0 Å². The number of ether oxygens (including phenoxy) is 2. The first-order valence-corrected chi connectivity index (χ1v) is 12.2. The second-order valence-corrected chi connectivity index (χ2v) is 13.8. The van der Waals surface area contributed by atoms with Crippen LogP contribution in [0.4, 0.5) is 0 Å². The summed E-state index contributed by atoms with van der Waals surface area (Å²) in [5.74, 6) is -0.185. The Hall–Kier alpha value is -0.393. The Balaban J connectivity index is 2.85. The van der Waals surface area contributed by atoms with Crippen LogP contribution in [0.3, 0.4) is 0 Å². The number of epoxide rings is 1. The van der Waals surface area contributed by atoms with Crippen LogP contribution in [0.2, 0.25) is 16.6 Å².